The van der Waals surface area contributed by atoms with Crippen molar-refractivity contribution in [2.45, 2.75) is 6.42 Å². The van der Waals surface area contributed by atoms with Crippen molar-refractivity contribution in [3.8, 4) is 0 Å². The van der Waals surface area contributed by atoms with Crippen molar-refractivity contribution in [3.63, 3.8) is 0 Å². The average molecular weight is 225 g/mol. The fraction of sp³-hybridized carbons (Fsp3) is 0.0714. The summed E-state index contributed by atoms with van der Waals surface area (Å²) >= 11 is 0. The monoisotopic (exact) mass is 225 g/mol. The molecule has 0 bridgehead atoms. The lowest BCUT2D eigenvalue weighted by atomic mass is 10.2. The van der Waals surface area contributed by atoms with Gasteiger partial charge in [0.25, 0.3) is 0 Å². The Morgan fingerprint density at radius 3 is 2.88 bits per heavy atom. The molecular weight excluding hydrogens is 214 g/mol. The highest BCUT2D eigenvalue weighted by atomic mass is 16.3. The van der Waals surface area contributed by atoms with E-state index in [-0.39, 0.29) is 5.76 Å². The third-order valence-corrected chi connectivity index (χ3v) is 2.64. The van der Waals surface area contributed by atoms with Crippen LogP contribution in [0.15, 0.2) is 58.7 Å². The summed E-state index contributed by atoms with van der Waals surface area (Å²) in [6.45, 7) is 0. The fourth-order valence-corrected chi connectivity index (χ4v) is 1.77. The first-order valence-corrected chi connectivity index (χ1v) is 5.46. The number of hydrogen-bond donors (Lipinski definition) is 1. The molecule has 2 aromatic rings. The Balaban J connectivity index is 2.04. The molecule has 17 heavy (non-hydrogen) atoms. The van der Waals surface area contributed by atoms with Crippen LogP contribution in [0.4, 0.5) is 0 Å². The van der Waals surface area contributed by atoms with Crippen LogP contribution >= 0.6 is 0 Å². The average Bonchev–Trinajstić information content (AvgIpc) is 2.65. The Morgan fingerprint density at radius 2 is 2.00 bits per heavy atom. The van der Waals surface area contributed by atoms with E-state index in [9.17, 15) is 5.11 Å². The van der Waals surface area contributed by atoms with Crippen molar-refractivity contribution < 1.29 is 9.52 Å². The first-order chi connectivity index (χ1) is 8.33. The van der Waals surface area contributed by atoms with Crippen LogP contribution in [0.1, 0.15) is 12.3 Å². The number of hydrogen-bond acceptors (Lipinski definition) is 3. The number of benzene rings is 1. The summed E-state index contributed by atoms with van der Waals surface area (Å²) < 4.78 is 5.66. The minimum Gasteiger partial charge on any atom is -0.508 e. The summed E-state index contributed by atoms with van der Waals surface area (Å²) in [5.74, 6) is 0.859. The zero-order chi connectivity index (χ0) is 11.7. The van der Waals surface area contributed by atoms with Gasteiger partial charge in [0.05, 0.1) is 0 Å². The van der Waals surface area contributed by atoms with Crippen LogP contribution in [0.2, 0.25) is 0 Å². The molecule has 0 saturated heterocycles. The van der Waals surface area contributed by atoms with E-state index in [1.54, 1.807) is 12.2 Å². The maximum Gasteiger partial charge on any atom is 0.226 e. The molecule has 0 saturated carbocycles. The van der Waals surface area contributed by atoms with Gasteiger partial charge in [0, 0.05) is 5.57 Å². The summed E-state index contributed by atoms with van der Waals surface area (Å²) in [5, 5.41) is 9.38. The predicted molar refractivity (Wildman–Crippen MR) is 66.5 cm³/mol. The standard InChI is InChI=1S/C14H11NO2/c16-11-5-3-4-10(8-9-11)14-15-12-6-1-2-7-13(12)17-14/h1-2,4-9,16H,3H2. The molecule has 0 spiro atoms. The van der Waals surface area contributed by atoms with Gasteiger partial charge in [-0.3, -0.25) is 0 Å². The second kappa shape index (κ2) is 3.94. The van der Waals surface area contributed by atoms with E-state index in [0.717, 1.165) is 16.7 Å². The number of rotatable bonds is 1. The van der Waals surface area contributed by atoms with Crippen molar-refractivity contribution in [3.05, 3.63) is 60.2 Å². The third-order valence-electron chi connectivity index (χ3n) is 2.64. The van der Waals surface area contributed by atoms with E-state index in [2.05, 4.69) is 4.98 Å². The van der Waals surface area contributed by atoms with Crippen molar-refractivity contribution in [2.75, 3.05) is 0 Å². The van der Waals surface area contributed by atoms with Crippen LogP contribution in [0.25, 0.3) is 16.7 Å². The molecule has 1 aromatic carbocycles. The lowest BCUT2D eigenvalue weighted by Crippen LogP contribution is -1.79. The summed E-state index contributed by atoms with van der Waals surface area (Å²) in [7, 11) is 0. The van der Waals surface area contributed by atoms with Crippen LogP contribution in [0.5, 0.6) is 0 Å². The Kier molecular flexibility index (Phi) is 2.29. The van der Waals surface area contributed by atoms with E-state index >= 15 is 0 Å². The molecular formula is C14H11NO2. The molecule has 3 heteroatoms. The van der Waals surface area contributed by atoms with E-state index in [0.29, 0.717) is 12.3 Å². The molecule has 0 atom stereocenters. The van der Waals surface area contributed by atoms with Gasteiger partial charge >= 0.3 is 0 Å². The molecule has 1 aromatic heterocycles. The largest absolute Gasteiger partial charge is 0.508 e. The Labute approximate surface area is 98.4 Å². The van der Waals surface area contributed by atoms with Crippen molar-refractivity contribution >= 4 is 16.7 Å². The van der Waals surface area contributed by atoms with Gasteiger partial charge in [-0.15, -0.1) is 0 Å². The molecule has 0 unspecified atom stereocenters. The minimum absolute atomic E-state index is 0.271. The number of aromatic nitrogens is 1. The summed E-state index contributed by atoms with van der Waals surface area (Å²) in [5.41, 5.74) is 2.51. The normalized spacial score (nSPS) is 15.5. The maximum atomic E-state index is 9.38. The molecule has 1 aliphatic rings. The summed E-state index contributed by atoms with van der Waals surface area (Å²) in [4.78, 5) is 4.41. The number of para-hydroxylation sites is 2. The Hall–Kier alpha value is -2.29. The lowest BCUT2D eigenvalue weighted by Gasteiger charge is -1.92. The van der Waals surface area contributed by atoms with Crippen molar-refractivity contribution in [1.29, 1.82) is 0 Å². The highest BCUT2D eigenvalue weighted by Crippen LogP contribution is 2.23. The van der Waals surface area contributed by atoms with Crippen LogP contribution in [-0.4, -0.2) is 10.1 Å². The maximum absolute atomic E-state index is 9.38. The molecule has 3 nitrogen and oxygen atoms in total. The number of allylic oxidation sites excluding steroid dienone is 5. The van der Waals surface area contributed by atoms with E-state index in [1.807, 2.05) is 36.4 Å². The van der Waals surface area contributed by atoms with Gasteiger partial charge < -0.3 is 9.52 Å². The van der Waals surface area contributed by atoms with Crippen molar-refractivity contribution in [1.82, 2.24) is 4.98 Å². The molecule has 0 radical (unpaired) electrons. The van der Waals surface area contributed by atoms with Crippen LogP contribution < -0.4 is 0 Å². The minimum atomic E-state index is 0.271. The van der Waals surface area contributed by atoms with E-state index < -0.39 is 0 Å². The fourth-order valence-electron chi connectivity index (χ4n) is 1.77. The molecule has 3 rings (SSSR count). The highest BCUT2D eigenvalue weighted by Gasteiger charge is 2.09. The highest BCUT2D eigenvalue weighted by molar-refractivity contribution is 5.78. The first kappa shape index (κ1) is 9.90. The van der Waals surface area contributed by atoms with Gasteiger partial charge in [0.2, 0.25) is 5.89 Å². The Morgan fingerprint density at radius 1 is 1.12 bits per heavy atom. The van der Waals surface area contributed by atoms with Gasteiger partial charge in [-0.05, 0) is 36.8 Å². The number of aliphatic hydroxyl groups is 1. The van der Waals surface area contributed by atoms with Gasteiger partial charge in [-0.2, -0.15) is 0 Å². The van der Waals surface area contributed by atoms with Gasteiger partial charge in [0.1, 0.15) is 11.3 Å². The molecule has 1 aliphatic carbocycles. The molecule has 84 valence electrons. The zero-order valence-corrected chi connectivity index (χ0v) is 9.13. The van der Waals surface area contributed by atoms with Crippen LogP contribution in [0.3, 0.4) is 0 Å². The number of fused-ring (bicyclic) bond motifs is 1. The van der Waals surface area contributed by atoms with E-state index in [4.69, 9.17) is 4.42 Å². The summed E-state index contributed by atoms with van der Waals surface area (Å²) in [6, 6.07) is 7.66. The molecule has 1 N–H and O–H groups in total. The number of nitrogens with zero attached hydrogens (tertiary/aromatic N) is 1. The van der Waals surface area contributed by atoms with Crippen LogP contribution in [-0.2, 0) is 0 Å². The molecule has 1 heterocycles. The Bertz CT molecular complexity index is 614. The van der Waals surface area contributed by atoms with Crippen LogP contribution in [0, 0.1) is 0 Å². The topological polar surface area (TPSA) is 46.3 Å². The zero-order valence-electron chi connectivity index (χ0n) is 9.13. The van der Waals surface area contributed by atoms with Gasteiger partial charge in [-0.25, -0.2) is 4.98 Å². The van der Waals surface area contributed by atoms with Crippen molar-refractivity contribution in [2.24, 2.45) is 0 Å². The van der Waals surface area contributed by atoms with E-state index in [1.165, 1.54) is 0 Å². The summed E-state index contributed by atoms with van der Waals surface area (Å²) in [6.07, 6.45) is 7.85. The van der Waals surface area contributed by atoms with Gasteiger partial charge in [0.15, 0.2) is 5.58 Å². The lowest BCUT2D eigenvalue weighted by molar-refractivity contribution is 0.431. The SMILES string of the molecule is OC1=CCC=C(c2nc3ccccc3o2)C=C1. The number of aliphatic hydroxyl groups excluding tert-OH is 1. The molecule has 0 amide bonds. The molecule has 0 fully saturated rings. The number of oxazole rings is 1. The smallest absolute Gasteiger partial charge is 0.226 e. The first-order valence-electron chi connectivity index (χ1n) is 5.46. The third kappa shape index (κ3) is 1.87. The predicted octanol–water partition coefficient (Wildman–Crippen LogP) is 3.61. The quantitative estimate of drug-likeness (QED) is 0.806. The molecule has 0 aliphatic heterocycles. The van der Waals surface area contributed by atoms with Gasteiger partial charge in [-0.1, -0.05) is 18.2 Å². The second-order valence-corrected chi connectivity index (χ2v) is 3.84. The second-order valence-electron chi connectivity index (χ2n) is 3.84.